The first-order valence-corrected chi connectivity index (χ1v) is 7.12. The molecule has 17 heavy (non-hydrogen) atoms. The number of hydrogen-bond acceptors (Lipinski definition) is 3. The second-order valence-electron chi connectivity index (χ2n) is 5.30. The Bertz CT molecular complexity index is 460. The van der Waals surface area contributed by atoms with Crippen molar-refractivity contribution in [2.24, 2.45) is 5.41 Å². The second-order valence-corrected chi connectivity index (χ2v) is 6.15. The first-order valence-electron chi connectivity index (χ1n) is 5.89. The monoisotopic (exact) mass is 246 g/mol. The van der Waals surface area contributed by atoms with Crippen molar-refractivity contribution in [1.82, 2.24) is 0 Å². The molecule has 0 amide bonds. The quantitative estimate of drug-likeness (QED) is 0.747. The van der Waals surface area contributed by atoms with Crippen molar-refractivity contribution in [3.8, 4) is 6.07 Å². The molecule has 2 rings (SSSR count). The maximum Gasteiger partial charge on any atom is 0.103 e. The Hall–Kier alpha value is -1.14. The molecule has 1 heterocycles. The predicted octanol–water partition coefficient (Wildman–Crippen LogP) is 3.52. The summed E-state index contributed by atoms with van der Waals surface area (Å²) in [5.74, 6) is 0. The first-order chi connectivity index (χ1) is 8.07. The van der Waals surface area contributed by atoms with E-state index in [4.69, 9.17) is 0 Å². The van der Waals surface area contributed by atoms with Crippen molar-refractivity contribution in [2.75, 3.05) is 24.2 Å². The van der Waals surface area contributed by atoms with Crippen molar-refractivity contribution in [1.29, 1.82) is 5.26 Å². The van der Waals surface area contributed by atoms with E-state index in [-0.39, 0.29) is 0 Å². The van der Waals surface area contributed by atoms with Gasteiger partial charge >= 0.3 is 0 Å². The molecule has 0 atom stereocenters. The summed E-state index contributed by atoms with van der Waals surface area (Å²) in [6.45, 7) is 6.67. The maximum atomic E-state index is 9.33. The SMILES string of the molecule is CSc1cccc(N2CCC(C)(C)C2)c1C#N. The third-order valence-electron chi connectivity index (χ3n) is 3.35. The molecular formula is C14H18N2S. The molecule has 90 valence electrons. The fourth-order valence-electron chi connectivity index (χ4n) is 2.38. The normalized spacial score (nSPS) is 18.1. The Morgan fingerprint density at radius 3 is 2.71 bits per heavy atom. The molecule has 0 bridgehead atoms. The second kappa shape index (κ2) is 4.62. The maximum absolute atomic E-state index is 9.33. The summed E-state index contributed by atoms with van der Waals surface area (Å²) < 4.78 is 0. The van der Waals surface area contributed by atoms with Crippen molar-refractivity contribution in [3.05, 3.63) is 23.8 Å². The van der Waals surface area contributed by atoms with E-state index < -0.39 is 0 Å². The van der Waals surface area contributed by atoms with Crippen LogP contribution in [0.3, 0.4) is 0 Å². The molecular weight excluding hydrogens is 228 g/mol. The van der Waals surface area contributed by atoms with Gasteiger partial charge in [0.15, 0.2) is 0 Å². The van der Waals surface area contributed by atoms with Crippen molar-refractivity contribution >= 4 is 17.4 Å². The van der Waals surface area contributed by atoms with Gasteiger partial charge in [-0.3, -0.25) is 0 Å². The van der Waals surface area contributed by atoms with Crippen molar-refractivity contribution < 1.29 is 0 Å². The highest BCUT2D eigenvalue weighted by Crippen LogP contribution is 2.36. The molecule has 0 aliphatic carbocycles. The summed E-state index contributed by atoms with van der Waals surface area (Å²) in [5.41, 5.74) is 2.30. The van der Waals surface area contributed by atoms with Crippen LogP contribution in [-0.2, 0) is 0 Å². The largest absolute Gasteiger partial charge is 0.370 e. The lowest BCUT2D eigenvalue weighted by molar-refractivity contribution is 0.418. The van der Waals surface area contributed by atoms with Gasteiger partial charge in [-0.05, 0) is 30.2 Å². The van der Waals surface area contributed by atoms with Crippen LogP contribution in [0.15, 0.2) is 23.1 Å². The van der Waals surface area contributed by atoms with Gasteiger partial charge in [0.1, 0.15) is 6.07 Å². The smallest absolute Gasteiger partial charge is 0.103 e. The van der Waals surface area contributed by atoms with E-state index in [1.807, 2.05) is 18.4 Å². The molecule has 0 saturated carbocycles. The number of thioether (sulfide) groups is 1. The lowest BCUT2D eigenvalue weighted by atomic mass is 9.93. The third-order valence-corrected chi connectivity index (χ3v) is 4.13. The van der Waals surface area contributed by atoms with Gasteiger partial charge in [-0.1, -0.05) is 19.9 Å². The molecule has 1 fully saturated rings. The van der Waals surface area contributed by atoms with Gasteiger partial charge in [-0.25, -0.2) is 0 Å². The number of hydrogen-bond donors (Lipinski definition) is 0. The van der Waals surface area contributed by atoms with Crippen LogP contribution < -0.4 is 4.90 Å². The zero-order chi connectivity index (χ0) is 12.5. The standard InChI is InChI=1S/C14H18N2S/c1-14(2)7-8-16(10-14)12-5-4-6-13(17-3)11(12)9-15/h4-6H,7-8,10H2,1-3H3. The summed E-state index contributed by atoms with van der Waals surface area (Å²) in [5, 5.41) is 9.33. The van der Waals surface area contributed by atoms with Gasteiger partial charge in [0.05, 0.1) is 11.3 Å². The zero-order valence-corrected chi connectivity index (χ0v) is 11.5. The van der Waals surface area contributed by atoms with Crippen LogP contribution in [0, 0.1) is 16.7 Å². The summed E-state index contributed by atoms with van der Waals surface area (Å²) in [6.07, 6.45) is 3.22. The Morgan fingerprint density at radius 2 is 2.18 bits per heavy atom. The number of anilines is 1. The van der Waals surface area contributed by atoms with Crippen molar-refractivity contribution in [2.45, 2.75) is 25.2 Å². The fourth-order valence-corrected chi connectivity index (χ4v) is 2.95. The molecule has 2 nitrogen and oxygen atoms in total. The molecule has 0 spiro atoms. The van der Waals surface area contributed by atoms with Gasteiger partial charge in [0.2, 0.25) is 0 Å². The molecule has 1 saturated heterocycles. The number of nitrogens with zero attached hydrogens (tertiary/aromatic N) is 2. The van der Waals surface area contributed by atoms with Crippen LogP contribution in [0.2, 0.25) is 0 Å². The molecule has 1 aliphatic rings. The van der Waals surface area contributed by atoms with E-state index in [0.717, 1.165) is 29.2 Å². The van der Waals surface area contributed by atoms with Crippen LogP contribution in [0.5, 0.6) is 0 Å². The van der Waals surface area contributed by atoms with E-state index in [1.54, 1.807) is 11.8 Å². The third kappa shape index (κ3) is 2.42. The van der Waals surface area contributed by atoms with Crippen LogP contribution >= 0.6 is 11.8 Å². The zero-order valence-electron chi connectivity index (χ0n) is 10.7. The minimum atomic E-state index is 0.363. The van der Waals surface area contributed by atoms with Crippen LogP contribution in [0.1, 0.15) is 25.8 Å². The lowest BCUT2D eigenvalue weighted by Gasteiger charge is -2.23. The van der Waals surface area contributed by atoms with E-state index in [2.05, 4.69) is 30.9 Å². The molecule has 1 aromatic carbocycles. The van der Waals surface area contributed by atoms with E-state index in [1.165, 1.54) is 6.42 Å². The summed E-state index contributed by atoms with van der Waals surface area (Å²) >= 11 is 1.64. The topological polar surface area (TPSA) is 27.0 Å². The van der Waals surface area contributed by atoms with E-state index in [0.29, 0.717) is 5.41 Å². The van der Waals surface area contributed by atoms with Gasteiger partial charge in [-0.15, -0.1) is 11.8 Å². The minimum absolute atomic E-state index is 0.363. The molecule has 0 radical (unpaired) electrons. The minimum Gasteiger partial charge on any atom is -0.370 e. The molecule has 1 aliphatic heterocycles. The fraction of sp³-hybridized carbons (Fsp3) is 0.500. The van der Waals surface area contributed by atoms with Gasteiger partial charge < -0.3 is 4.90 Å². The molecule has 0 aromatic heterocycles. The number of nitriles is 1. The number of rotatable bonds is 2. The lowest BCUT2D eigenvalue weighted by Crippen LogP contribution is -2.23. The highest BCUT2D eigenvalue weighted by Gasteiger charge is 2.30. The Labute approximate surface area is 108 Å². The van der Waals surface area contributed by atoms with Crippen molar-refractivity contribution in [3.63, 3.8) is 0 Å². The summed E-state index contributed by atoms with van der Waals surface area (Å²) in [7, 11) is 0. The molecule has 1 aromatic rings. The average Bonchev–Trinajstić information content (AvgIpc) is 2.68. The molecule has 0 unspecified atom stereocenters. The summed E-state index contributed by atoms with van der Waals surface area (Å²) in [6, 6.07) is 8.50. The Kier molecular flexibility index (Phi) is 3.35. The van der Waals surface area contributed by atoms with E-state index in [9.17, 15) is 5.26 Å². The predicted molar refractivity (Wildman–Crippen MR) is 73.5 cm³/mol. The van der Waals surface area contributed by atoms with Gasteiger partial charge in [-0.2, -0.15) is 5.26 Å². The highest BCUT2D eigenvalue weighted by molar-refractivity contribution is 7.98. The average molecular weight is 246 g/mol. The highest BCUT2D eigenvalue weighted by atomic mass is 32.2. The Balaban J connectivity index is 2.37. The van der Waals surface area contributed by atoms with Crippen LogP contribution in [0.25, 0.3) is 0 Å². The van der Waals surface area contributed by atoms with E-state index >= 15 is 0 Å². The number of benzene rings is 1. The van der Waals surface area contributed by atoms with Crippen LogP contribution in [0.4, 0.5) is 5.69 Å². The molecule has 0 N–H and O–H groups in total. The molecule has 3 heteroatoms. The van der Waals surface area contributed by atoms with Crippen LogP contribution in [-0.4, -0.2) is 19.3 Å². The Morgan fingerprint density at radius 1 is 1.41 bits per heavy atom. The van der Waals surface area contributed by atoms with Gasteiger partial charge in [0, 0.05) is 18.0 Å². The first kappa shape index (κ1) is 12.3. The summed E-state index contributed by atoms with van der Waals surface area (Å²) in [4.78, 5) is 3.42. The van der Waals surface area contributed by atoms with Gasteiger partial charge in [0.25, 0.3) is 0 Å².